The lowest BCUT2D eigenvalue weighted by Crippen LogP contribution is -2.21. The highest BCUT2D eigenvalue weighted by Crippen LogP contribution is 2.18. The molecule has 0 fully saturated rings. The molecule has 1 aromatic carbocycles. The second-order valence-electron chi connectivity index (χ2n) is 4.17. The van der Waals surface area contributed by atoms with Gasteiger partial charge in [0.05, 0.1) is 11.4 Å². The Balaban J connectivity index is 1.65. The predicted molar refractivity (Wildman–Crippen MR) is 75.2 cm³/mol. The summed E-state index contributed by atoms with van der Waals surface area (Å²) in [6, 6.07) is 9.28. The highest BCUT2D eigenvalue weighted by molar-refractivity contribution is 7.12. The van der Waals surface area contributed by atoms with Crippen molar-refractivity contribution in [1.29, 1.82) is 0 Å². The Bertz CT molecular complexity index is 738. The summed E-state index contributed by atoms with van der Waals surface area (Å²) in [5, 5.41) is 12.2. The van der Waals surface area contributed by atoms with E-state index in [1.54, 1.807) is 24.3 Å². The van der Waals surface area contributed by atoms with Gasteiger partial charge in [-0.15, -0.1) is 21.5 Å². The van der Waals surface area contributed by atoms with Crippen LogP contribution in [-0.4, -0.2) is 16.1 Å². The van der Waals surface area contributed by atoms with Gasteiger partial charge in [-0.05, 0) is 35.7 Å². The molecule has 0 aliphatic carbocycles. The van der Waals surface area contributed by atoms with E-state index in [1.807, 2.05) is 5.38 Å². The average Bonchev–Trinajstić information content (AvgIpc) is 3.17. The van der Waals surface area contributed by atoms with Crippen molar-refractivity contribution in [2.24, 2.45) is 0 Å². The normalized spacial score (nSPS) is 10.5. The Hall–Kier alpha value is -2.54. The minimum absolute atomic E-state index is 0.144. The molecule has 5 nitrogen and oxygen atoms in total. The number of amides is 1. The maximum Gasteiger partial charge on any atom is 0.261 e. The number of thiophene rings is 1. The Labute approximate surface area is 123 Å². The van der Waals surface area contributed by atoms with Gasteiger partial charge >= 0.3 is 0 Å². The number of halogens is 1. The molecule has 0 aliphatic rings. The molecule has 0 spiro atoms. The zero-order chi connectivity index (χ0) is 14.7. The number of hydrogen-bond acceptors (Lipinski definition) is 5. The smallest absolute Gasteiger partial charge is 0.261 e. The standard InChI is InChI=1S/C14H10FN3O2S/c15-10-5-3-9(4-6-10)14-18-17-12(20-14)8-16-13(19)11-2-1-7-21-11/h1-7H,8H2,(H,16,19). The quantitative estimate of drug-likeness (QED) is 0.804. The first-order chi connectivity index (χ1) is 10.2. The van der Waals surface area contributed by atoms with Crippen LogP contribution in [0.2, 0.25) is 0 Å². The molecule has 0 saturated heterocycles. The van der Waals surface area contributed by atoms with Gasteiger partial charge in [0.15, 0.2) is 0 Å². The number of hydrogen-bond donors (Lipinski definition) is 1. The number of rotatable bonds is 4. The lowest BCUT2D eigenvalue weighted by atomic mass is 10.2. The molecule has 3 aromatic rings. The predicted octanol–water partition coefficient (Wildman–Crippen LogP) is 2.87. The van der Waals surface area contributed by atoms with Gasteiger partial charge in [0, 0.05) is 5.56 Å². The highest BCUT2D eigenvalue weighted by atomic mass is 32.1. The molecular formula is C14H10FN3O2S. The maximum atomic E-state index is 12.8. The second-order valence-corrected chi connectivity index (χ2v) is 5.12. The first-order valence-corrected chi connectivity index (χ1v) is 7.00. The monoisotopic (exact) mass is 303 g/mol. The van der Waals surface area contributed by atoms with Crippen molar-refractivity contribution in [2.45, 2.75) is 6.54 Å². The van der Waals surface area contributed by atoms with Gasteiger partial charge in [0.2, 0.25) is 11.8 Å². The van der Waals surface area contributed by atoms with Gasteiger partial charge in [0.25, 0.3) is 5.91 Å². The topological polar surface area (TPSA) is 68.0 Å². The number of benzene rings is 1. The van der Waals surface area contributed by atoms with Gasteiger partial charge in [-0.3, -0.25) is 4.79 Å². The zero-order valence-corrected chi connectivity index (χ0v) is 11.6. The minimum atomic E-state index is -0.332. The Morgan fingerprint density at radius 2 is 2.05 bits per heavy atom. The molecule has 21 heavy (non-hydrogen) atoms. The molecular weight excluding hydrogens is 293 g/mol. The van der Waals surface area contributed by atoms with Crippen LogP contribution in [0.15, 0.2) is 46.2 Å². The SMILES string of the molecule is O=C(NCc1nnc(-c2ccc(F)cc2)o1)c1cccs1. The number of carbonyl (C=O) groups excluding carboxylic acids is 1. The van der Waals surface area contributed by atoms with Crippen LogP contribution in [-0.2, 0) is 6.54 Å². The minimum Gasteiger partial charge on any atom is -0.419 e. The molecule has 0 unspecified atom stereocenters. The molecule has 2 heterocycles. The van der Waals surface area contributed by atoms with Crippen molar-refractivity contribution in [2.75, 3.05) is 0 Å². The average molecular weight is 303 g/mol. The number of nitrogens with zero attached hydrogens (tertiary/aromatic N) is 2. The highest BCUT2D eigenvalue weighted by Gasteiger charge is 2.11. The summed E-state index contributed by atoms with van der Waals surface area (Å²) < 4.78 is 18.3. The van der Waals surface area contributed by atoms with Crippen LogP contribution in [0.3, 0.4) is 0 Å². The van der Waals surface area contributed by atoms with Crippen molar-refractivity contribution in [3.8, 4) is 11.5 Å². The van der Waals surface area contributed by atoms with Crippen molar-refractivity contribution in [1.82, 2.24) is 15.5 Å². The maximum absolute atomic E-state index is 12.8. The summed E-state index contributed by atoms with van der Waals surface area (Å²) in [5.41, 5.74) is 0.625. The third kappa shape index (κ3) is 3.14. The first kappa shape index (κ1) is 13.4. The van der Waals surface area contributed by atoms with Crippen molar-refractivity contribution in [3.05, 3.63) is 58.4 Å². The molecule has 2 aromatic heterocycles. The fraction of sp³-hybridized carbons (Fsp3) is 0.0714. The largest absolute Gasteiger partial charge is 0.419 e. The van der Waals surface area contributed by atoms with E-state index in [0.29, 0.717) is 16.3 Å². The lowest BCUT2D eigenvalue weighted by Gasteiger charge is -1.99. The summed E-state index contributed by atoms with van der Waals surface area (Å²) >= 11 is 1.36. The molecule has 106 valence electrons. The van der Waals surface area contributed by atoms with E-state index >= 15 is 0 Å². The van der Waals surface area contributed by atoms with E-state index in [9.17, 15) is 9.18 Å². The van der Waals surface area contributed by atoms with E-state index in [1.165, 1.54) is 23.5 Å². The van der Waals surface area contributed by atoms with Crippen molar-refractivity contribution < 1.29 is 13.6 Å². The van der Waals surface area contributed by atoms with Crippen molar-refractivity contribution in [3.63, 3.8) is 0 Å². The van der Waals surface area contributed by atoms with E-state index < -0.39 is 0 Å². The first-order valence-electron chi connectivity index (χ1n) is 6.12. The third-order valence-corrected chi connectivity index (χ3v) is 3.57. The van der Waals surface area contributed by atoms with Gasteiger partial charge in [-0.2, -0.15) is 0 Å². The fourth-order valence-electron chi connectivity index (χ4n) is 1.68. The van der Waals surface area contributed by atoms with Gasteiger partial charge in [-0.1, -0.05) is 6.07 Å². The molecule has 1 amide bonds. The Kier molecular flexibility index (Phi) is 3.74. The molecule has 0 saturated carbocycles. The van der Waals surface area contributed by atoms with Crippen LogP contribution < -0.4 is 5.32 Å². The second kappa shape index (κ2) is 5.84. The van der Waals surface area contributed by atoms with E-state index in [0.717, 1.165) is 0 Å². The Morgan fingerprint density at radius 1 is 1.24 bits per heavy atom. The van der Waals surface area contributed by atoms with Gasteiger partial charge in [0.1, 0.15) is 5.82 Å². The van der Waals surface area contributed by atoms with Crippen LogP contribution in [0.1, 0.15) is 15.6 Å². The zero-order valence-electron chi connectivity index (χ0n) is 10.7. The van der Waals surface area contributed by atoms with E-state index in [4.69, 9.17) is 4.42 Å². The number of aromatic nitrogens is 2. The van der Waals surface area contributed by atoms with E-state index in [2.05, 4.69) is 15.5 Å². The van der Waals surface area contributed by atoms with Crippen LogP contribution in [0.4, 0.5) is 4.39 Å². The summed E-state index contributed by atoms with van der Waals surface area (Å²) in [6.07, 6.45) is 0. The van der Waals surface area contributed by atoms with E-state index in [-0.39, 0.29) is 24.2 Å². The molecule has 7 heteroatoms. The fourth-order valence-corrected chi connectivity index (χ4v) is 2.33. The summed E-state index contributed by atoms with van der Waals surface area (Å²) in [4.78, 5) is 12.4. The summed E-state index contributed by atoms with van der Waals surface area (Å²) in [7, 11) is 0. The van der Waals surface area contributed by atoms with Crippen LogP contribution in [0, 0.1) is 5.82 Å². The summed E-state index contributed by atoms with van der Waals surface area (Å²) in [5.74, 6) is 0.0582. The number of carbonyl (C=O) groups is 1. The number of nitrogens with one attached hydrogen (secondary N) is 1. The van der Waals surface area contributed by atoms with Gasteiger partial charge in [-0.25, -0.2) is 4.39 Å². The third-order valence-electron chi connectivity index (χ3n) is 2.70. The van der Waals surface area contributed by atoms with Crippen LogP contribution in [0.25, 0.3) is 11.5 Å². The molecule has 3 rings (SSSR count). The van der Waals surface area contributed by atoms with Crippen LogP contribution in [0.5, 0.6) is 0 Å². The lowest BCUT2D eigenvalue weighted by molar-refractivity contribution is 0.0951. The molecule has 0 radical (unpaired) electrons. The summed E-state index contributed by atoms with van der Waals surface area (Å²) in [6.45, 7) is 0.144. The van der Waals surface area contributed by atoms with Crippen LogP contribution >= 0.6 is 11.3 Å². The molecule has 0 aliphatic heterocycles. The molecule has 1 N–H and O–H groups in total. The molecule has 0 atom stereocenters. The van der Waals surface area contributed by atoms with Crippen molar-refractivity contribution >= 4 is 17.2 Å². The molecule has 0 bridgehead atoms. The Morgan fingerprint density at radius 3 is 2.76 bits per heavy atom. The van der Waals surface area contributed by atoms with Gasteiger partial charge < -0.3 is 9.73 Å².